The molecule has 0 aliphatic rings. The second-order valence-corrected chi connectivity index (χ2v) is 5.66. The molecule has 0 fully saturated rings. The van der Waals surface area contributed by atoms with E-state index < -0.39 is 0 Å². The lowest BCUT2D eigenvalue weighted by atomic mass is 10.1. The summed E-state index contributed by atoms with van der Waals surface area (Å²) in [5, 5.41) is 1.09. The number of ether oxygens (including phenoxy) is 1. The number of nitrogen functional groups attached to an aromatic ring is 1. The van der Waals surface area contributed by atoms with Crippen molar-refractivity contribution in [3.63, 3.8) is 0 Å². The minimum Gasteiger partial charge on any atom is -0.492 e. The highest BCUT2D eigenvalue weighted by Crippen LogP contribution is 2.34. The molecule has 0 aliphatic carbocycles. The van der Waals surface area contributed by atoms with Crippen LogP contribution in [0.3, 0.4) is 0 Å². The molecular weight excluding hydrogens is 349 g/mol. The molecule has 5 heteroatoms. The average molecular weight is 361 g/mol. The minimum atomic E-state index is 0.492. The number of hydrogen-bond acceptors (Lipinski definition) is 2. The van der Waals surface area contributed by atoms with E-state index in [1.165, 1.54) is 0 Å². The molecule has 0 aromatic heterocycles. The summed E-state index contributed by atoms with van der Waals surface area (Å²) in [5.41, 5.74) is 7.69. The third kappa shape index (κ3) is 3.78. The molecule has 0 bridgehead atoms. The molecule has 0 saturated heterocycles. The third-order valence-electron chi connectivity index (χ3n) is 2.66. The Hall–Kier alpha value is -0.900. The zero-order valence-corrected chi connectivity index (χ0v) is 13.1. The first-order valence-corrected chi connectivity index (χ1v) is 7.23. The highest BCUT2D eigenvalue weighted by atomic mass is 79.9. The first-order chi connectivity index (χ1) is 9.08. The molecule has 0 saturated carbocycles. The van der Waals surface area contributed by atoms with Gasteiger partial charge in [0.1, 0.15) is 5.75 Å². The highest BCUT2D eigenvalue weighted by molar-refractivity contribution is 9.10. The second kappa shape index (κ2) is 6.51. The van der Waals surface area contributed by atoms with E-state index in [0.29, 0.717) is 22.4 Å². The molecule has 2 aromatic carbocycles. The van der Waals surface area contributed by atoms with Gasteiger partial charge in [0.2, 0.25) is 0 Å². The minimum absolute atomic E-state index is 0.492. The van der Waals surface area contributed by atoms with Crippen LogP contribution < -0.4 is 10.5 Å². The fourth-order valence-electron chi connectivity index (χ4n) is 1.65. The van der Waals surface area contributed by atoms with Gasteiger partial charge in [-0.05, 0) is 33.6 Å². The van der Waals surface area contributed by atoms with E-state index in [2.05, 4.69) is 15.9 Å². The fraction of sp³-hybridized carbons (Fsp3) is 0.143. The van der Waals surface area contributed by atoms with Gasteiger partial charge in [-0.3, -0.25) is 0 Å². The Labute approximate surface area is 130 Å². The predicted molar refractivity (Wildman–Crippen MR) is 84.2 cm³/mol. The molecule has 2 rings (SSSR count). The smallest absolute Gasteiger partial charge is 0.139 e. The van der Waals surface area contributed by atoms with Crippen LogP contribution in [0, 0.1) is 0 Å². The topological polar surface area (TPSA) is 35.2 Å². The Morgan fingerprint density at radius 3 is 2.58 bits per heavy atom. The summed E-state index contributed by atoms with van der Waals surface area (Å²) in [7, 11) is 0. The van der Waals surface area contributed by atoms with E-state index in [4.69, 9.17) is 33.7 Å². The Bertz CT molecular complexity index is 590. The lowest BCUT2D eigenvalue weighted by Gasteiger charge is -2.10. The van der Waals surface area contributed by atoms with Crippen molar-refractivity contribution in [1.29, 1.82) is 0 Å². The molecule has 2 N–H and O–H groups in total. The first-order valence-electron chi connectivity index (χ1n) is 5.68. The lowest BCUT2D eigenvalue weighted by molar-refractivity contribution is 0.322. The summed E-state index contributed by atoms with van der Waals surface area (Å²) in [6, 6.07) is 11.1. The molecular formula is C14H12BrCl2NO. The van der Waals surface area contributed by atoms with Gasteiger partial charge in [0, 0.05) is 22.6 Å². The number of nitrogens with two attached hydrogens (primary N) is 1. The SMILES string of the molecule is Nc1ccccc1CCOc1cc(Cl)c(Br)cc1Cl. The first kappa shape index (κ1) is 14.5. The van der Waals surface area contributed by atoms with Crippen LogP contribution in [-0.4, -0.2) is 6.61 Å². The Balaban J connectivity index is 2.00. The molecule has 0 atom stereocenters. The van der Waals surface area contributed by atoms with Crippen LogP contribution in [0.4, 0.5) is 5.69 Å². The Morgan fingerprint density at radius 1 is 1.11 bits per heavy atom. The van der Waals surface area contributed by atoms with E-state index in [9.17, 15) is 0 Å². The van der Waals surface area contributed by atoms with Crippen LogP contribution >= 0.6 is 39.1 Å². The highest BCUT2D eigenvalue weighted by Gasteiger charge is 2.07. The van der Waals surface area contributed by atoms with Gasteiger partial charge in [0.15, 0.2) is 0 Å². The van der Waals surface area contributed by atoms with Crippen molar-refractivity contribution in [3.05, 3.63) is 56.5 Å². The largest absolute Gasteiger partial charge is 0.492 e. The van der Waals surface area contributed by atoms with E-state index >= 15 is 0 Å². The number of benzene rings is 2. The summed E-state index contributed by atoms with van der Waals surface area (Å²) >= 11 is 15.4. The van der Waals surface area contributed by atoms with Crippen LogP contribution in [-0.2, 0) is 6.42 Å². The van der Waals surface area contributed by atoms with Gasteiger partial charge in [-0.2, -0.15) is 0 Å². The van der Waals surface area contributed by atoms with Gasteiger partial charge in [0.25, 0.3) is 0 Å². The van der Waals surface area contributed by atoms with Crippen molar-refractivity contribution in [2.24, 2.45) is 0 Å². The van der Waals surface area contributed by atoms with Crippen LogP contribution in [0.5, 0.6) is 5.75 Å². The maximum atomic E-state index is 6.08. The summed E-state index contributed by atoms with van der Waals surface area (Å²) in [6.45, 7) is 0.492. The Kier molecular flexibility index (Phi) is 4.97. The molecule has 0 aliphatic heterocycles. The summed E-state index contributed by atoms with van der Waals surface area (Å²) in [5.74, 6) is 0.573. The molecule has 100 valence electrons. The van der Waals surface area contributed by atoms with E-state index in [-0.39, 0.29) is 0 Å². The van der Waals surface area contributed by atoms with Gasteiger partial charge in [0.05, 0.1) is 16.7 Å². The van der Waals surface area contributed by atoms with Crippen LogP contribution in [0.25, 0.3) is 0 Å². The van der Waals surface area contributed by atoms with Gasteiger partial charge in [-0.1, -0.05) is 41.4 Å². The van der Waals surface area contributed by atoms with Crippen LogP contribution in [0.15, 0.2) is 40.9 Å². The molecule has 0 unspecified atom stereocenters. The molecule has 0 spiro atoms. The van der Waals surface area contributed by atoms with Gasteiger partial charge in [-0.15, -0.1) is 0 Å². The van der Waals surface area contributed by atoms with Gasteiger partial charge >= 0.3 is 0 Å². The number of hydrogen-bond donors (Lipinski definition) is 1. The fourth-order valence-corrected chi connectivity index (χ4v) is 2.49. The Morgan fingerprint density at radius 2 is 1.84 bits per heavy atom. The molecule has 0 amide bonds. The number of rotatable bonds is 4. The molecule has 2 nitrogen and oxygen atoms in total. The van der Waals surface area contributed by atoms with Crippen LogP contribution in [0.1, 0.15) is 5.56 Å². The maximum absolute atomic E-state index is 6.08. The van der Waals surface area contributed by atoms with Crippen molar-refractivity contribution in [1.82, 2.24) is 0 Å². The molecule has 0 heterocycles. The molecule has 0 radical (unpaired) electrons. The quantitative estimate of drug-likeness (QED) is 0.617. The lowest BCUT2D eigenvalue weighted by Crippen LogP contribution is -2.04. The van der Waals surface area contributed by atoms with Crippen molar-refractivity contribution >= 4 is 44.8 Å². The monoisotopic (exact) mass is 359 g/mol. The predicted octanol–water partition coefficient (Wildman–Crippen LogP) is 4.96. The summed E-state index contributed by atoms with van der Waals surface area (Å²) < 4.78 is 6.39. The standard InChI is InChI=1S/C14H12BrCl2NO/c15-10-7-12(17)14(8-11(10)16)19-6-5-9-3-1-2-4-13(9)18/h1-4,7-8H,5-6,18H2. The maximum Gasteiger partial charge on any atom is 0.139 e. The number of para-hydroxylation sites is 1. The van der Waals surface area contributed by atoms with E-state index in [1.54, 1.807) is 12.1 Å². The normalized spacial score (nSPS) is 10.5. The molecule has 2 aromatic rings. The van der Waals surface area contributed by atoms with E-state index in [1.807, 2.05) is 24.3 Å². The van der Waals surface area contributed by atoms with Crippen molar-refractivity contribution in [2.75, 3.05) is 12.3 Å². The zero-order valence-electron chi connectivity index (χ0n) is 10.00. The van der Waals surface area contributed by atoms with Crippen molar-refractivity contribution in [2.45, 2.75) is 6.42 Å². The van der Waals surface area contributed by atoms with E-state index in [0.717, 1.165) is 22.1 Å². The van der Waals surface area contributed by atoms with Crippen LogP contribution in [0.2, 0.25) is 10.0 Å². The number of halogens is 3. The zero-order chi connectivity index (χ0) is 13.8. The van der Waals surface area contributed by atoms with Crippen molar-refractivity contribution < 1.29 is 4.74 Å². The van der Waals surface area contributed by atoms with Crippen molar-refractivity contribution in [3.8, 4) is 5.75 Å². The third-order valence-corrected chi connectivity index (χ3v) is 4.15. The number of anilines is 1. The molecule has 19 heavy (non-hydrogen) atoms. The average Bonchev–Trinajstić information content (AvgIpc) is 2.38. The van der Waals surface area contributed by atoms with Gasteiger partial charge in [-0.25, -0.2) is 0 Å². The summed E-state index contributed by atoms with van der Waals surface area (Å²) in [6.07, 6.45) is 0.719. The van der Waals surface area contributed by atoms with Gasteiger partial charge < -0.3 is 10.5 Å². The summed E-state index contributed by atoms with van der Waals surface area (Å²) in [4.78, 5) is 0. The second-order valence-electron chi connectivity index (χ2n) is 3.99.